The van der Waals surface area contributed by atoms with Crippen molar-refractivity contribution in [3.8, 4) is 0 Å². The van der Waals surface area contributed by atoms with E-state index in [1.807, 2.05) is 12.1 Å². The maximum Gasteiger partial charge on any atom is 0.251 e. The second-order valence-corrected chi connectivity index (χ2v) is 6.05. The summed E-state index contributed by atoms with van der Waals surface area (Å²) in [7, 11) is 0. The zero-order chi connectivity index (χ0) is 15.9. The minimum Gasteiger partial charge on any atom is -0.352 e. The summed E-state index contributed by atoms with van der Waals surface area (Å²) in [4.78, 5) is 23.6. The highest BCUT2D eigenvalue weighted by Crippen LogP contribution is 2.23. The van der Waals surface area contributed by atoms with Crippen molar-refractivity contribution in [2.75, 3.05) is 11.9 Å². The number of anilines is 1. The van der Waals surface area contributed by atoms with Crippen molar-refractivity contribution in [3.05, 3.63) is 29.3 Å². The molecular formula is C18H26N2O2. The highest BCUT2D eigenvalue weighted by Gasteiger charge is 2.17. The van der Waals surface area contributed by atoms with E-state index in [9.17, 15) is 9.59 Å². The molecule has 1 heterocycles. The van der Waals surface area contributed by atoms with Crippen molar-refractivity contribution in [2.24, 2.45) is 5.92 Å². The molecule has 1 aromatic carbocycles. The molecule has 0 aromatic heterocycles. The normalized spacial score (nSPS) is 14.9. The Morgan fingerprint density at radius 2 is 2.14 bits per heavy atom. The molecule has 1 aromatic rings. The van der Waals surface area contributed by atoms with Gasteiger partial charge in [-0.2, -0.15) is 0 Å². The Bertz CT molecular complexity index is 540. The van der Waals surface area contributed by atoms with Gasteiger partial charge in [-0.05, 0) is 42.5 Å². The molecule has 0 aliphatic carbocycles. The Kier molecular flexibility index (Phi) is 5.99. The van der Waals surface area contributed by atoms with Crippen LogP contribution in [0.2, 0.25) is 0 Å². The molecule has 0 fully saturated rings. The van der Waals surface area contributed by atoms with E-state index in [0.717, 1.165) is 24.2 Å². The molecule has 1 atom stereocenters. The van der Waals surface area contributed by atoms with Crippen LogP contribution in [-0.2, 0) is 11.2 Å². The molecular weight excluding hydrogens is 276 g/mol. The fraction of sp³-hybridized carbons (Fsp3) is 0.556. The molecule has 120 valence electrons. The van der Waals surface area contributed by atoms with Gasteiger partial charge in [-0.1, -0.05) is 33.1 Å². The van der Waals surface area contributed by atoms with Gasteiger partial charge in [0.25, 0.3) is 5.91 Å². The number of unbranched alkanes of at least 4 members (excludes halogenated alkanes) is 1. The monoisotopic (exact) mass is 302 g/mol. The van der Waals surface area contributed by atoms with E-state index in [4.69, 9.17) is 0 Å². The summed E-state index contributed by atoms with van der Waals surface area (Å²) >= 11 is 0. The SMILES string of the molecule is CCCCC(CC)CNC(=O)c1ccc2c(c1)CCC(=O)N2. The van der Waals surface area contributed by atoms with Gasteiger partial charge in [-0.15, -0.1) is 0 Å². The molecule has 0 bridgehead atoms. The summed E-state index contributed by atoms with van der Waals surface area (Å²) in [6.45, 7) is 5.11. The van der Waals surface area contributed by atoms with Crippen LogP contribution in [0, 0.1) is 5.92 Å². The van der Waals surface area contributed by atoms with Gasteiger partial charge in [0.15, 0.2) is 0 Å². The maximum absolute atomic E-state index is 12.3. The van der Waals surface area contributed by atoms with Gasteiger partial charge < -0.3 is 10.6 Å². The van der Waals surface area contributed by atoms with Gasteiger partial charge in [-0.25, -0.2) is 0 Å². The van der Waals surface area contributed by atoms with E-state index in [-0.39, 0.29) is 11.8 Å². The Balaban J connectivity index is 1.94. The van der Waals surface area contributed by atoms with Crippen LogP contribution in [0.3, 0.4) is 0 Å². The standard InChI is InChI=1S/C18H26N2O2/c1-3-5-6-13(4-2)12-19-18(22)15-7-9-16-14(11-15)8-10-17(21)20-16/h7,9,11,13H,3-6,8,10,12H2,1-2H3,(H,19,22)(H,20,21). The molecule has 1 aliphatic rings. The summed E-state index contributed by atoms with van der Waals surface area (Å²) < 4.78 is 0. The number of hydrogen-bond acceptors (Lipinski definition) is 2. The van der Waals surface area contributed by atoms with Gasteiger partial charge in [0, 0.05) is 24.2 Å². The summed E-state index contributed by atoms with van der Waals surface area (Å²) in [6, 6.07) is 5.51. The third-order valence-electron chi connectivity index (χ3n) is 4.36. The van der Waals surface area contributed by atoms with Crippen LogP contribution in [0.4, 0.5) is 5.69 Å². The zero-order valence-electron chi connectivity index (χ0n) is 13.6. The molecule has 0 spiro atoms. The fourth-order valence-electron chi connectivity index (χ4n) is 2.81. The lowest BCUT2D eigenvalue weighted by Crippen LogP contribution is -2.29. The second kappa shape index (κ2) is 7.97. The number of nitrogens with one attached hydrogen (secondary N) is 2. The second-order valence-electron chi connectivity index (χ2n) is 6.05. The van der Waals surface area contributed by atoms with Gasteiger partial charge in [-0.3, -0.25) is 9.59 Å². The van der Waals surface area contributed by atoms with Crippen molar-refractivity contribution in [3.63, 3.8) is 0 Å². The first-order valence-electron chi connectivity index (χ1n) is 8.35. The van der Waals surface area contributed by atoms with Crippen molar-refractivity contribution < 1.29 is 9.59 Å². The predicted molar refractivity (Wildman–Crippen MR) is 89.0 cm³/mol. The van der Waals surface area contributed by atoms with Crippen LogP contribution in [0.1, 0.15) is 61.9 Å². The minimum atomic E-state index is -0.0188. The fourth-order valence-corrected chi connectivity index (χ4v) is 2.81. The Hall–Kier alpha value is -1.84. The van der Waals surface area contributed by atoms with Crippen LogP contribution in [0.25, 0.3) is 0 Å². The van der Waals surface area contributed by atoms with Gasteiger partial charge in [0.2, 0.25) is 5.91 Å². The highest BCUT2D eigenvalue weighted by molar-refractivity contribution is 5.97. The highest BCUT2D eigenvalue weighted by atomic mass is 16.2. The van der Waals surface area contributed by atoms with Crippen molar-refractivity contribution in [1.82, 2.24) is 5.32 Å². The number of carbonyl (C=O) groups is 2. The third-order valence-corrected chi connectivity index (χ3v) is 4.36. The van der Waals surface area contributed by atoms with E-state index in [1.54, 1.807) is 6.07 Å². The van der Waals surface area contributed by atoms with Crippen LogP contribution in [0.15, 0.2) is 18.2 Å². The van der Waals surface area contributed by atoms with E-state index >= 15 is 0 Å². The van der Waals surface area contributed by atoms with E-state index in [1.165, 1.54) is 19.3 Å². The lowest BCUT2D eigenvalue weighted by molar-refractivity contribution is -0.116. The quantitative estimate of drug-likeness (QED) is 0.809. The number of benzene rings is 1. The van der Waals surface area contributed by atoms with Crippen LogP contribution < -0.4 is 10.6 Å². The van der Waals surface area contributed by atoms with Gasteiger partial charge in [0.05, 0.1) is 0 Å². The first-order chi connectivity index (χ1) is 10.6. The first-order valence-corrected chi connectivity index (χ1v) is 8.35. The Morgan fingerprint density at radius 3 is 2.86 bits per heavy atom. The van der Waals surface area contributed by atoms with Gasteiger partial charge >= 0.3 is 0 Å². The molecule has 22 heavy (non-hydrogen) atoms. The van der Waals surface area contributed by atoms with Crippen LogP contribution in [0.5, 0.6) is 0 Å². The lowest BCUT2D eigenvalue weighted by Gasteiger charge is -2.18. The number of carbonyl (C=O) groups excluding carboxylic acids is 2. The third kappa shape index (κ3) is 4.33. The summed E-state index contributed by atoms with van der Waals surface area (Å²) in [5, 5.41) is 5.89. The number of aryl methyl sites for hydroxylation is 1. The number of rotatable bonds is 7. The number of hydrogen-bond donors (Lipinski definition) is 2. The average Bonchev–Trinajstić information content (AvgIpc) is 2.54. The molecule has 4 nitrogen and oxygen atoms in total. The topological polar surface area (TPSA) is 58.2 Å². The zero-order valence-corrected chi connectivity index (χ0v) is 13.6. The van der Waals surface area contributed by atoms with Crippen LogP contribution >= 0.6 is 0 Å². The van der Waals surface area contributed by atoms with E-state index in [0.29, 0.717) is 24.3 Å². The van der Waals surface area contributed by atoms with E-state index in [2.05, 4.69) is 24.5 Å². The van der Waals surface area contributed by atoms with Crippen molar-refractivity contribution in [2.45, 2.75) is 52.4 Å². The molecule has 0 radical (unpaired) electrons. The molecule has 0 saturated heterocycles. The van der Waals surface area contributed by atoms with Crippen LogP contribution in [-0.4, -0.2) is 18.4 Å². The summed E-state index contributed by atoms with van der Waals surface area (Å²) in [5.74, 6) is 0.585. The van der Waals surface area contributed by atoms with E-state index < -0.39 is 0 Å². The molecule has 0 saturated carbocycles. The molecule has 2 N–H and O–H groups in total. The minimum absolute atomic E-state index is 0.0188. The predicted octanol–water partition coefficient (Wildman–Crippen LogP) is 3.52. The average molecular weight is 302 g/mol. The lowest BCUT2D eigenvalue weighted by atomic mass is 9.98. The maximum atomic E-state index is 12.3. The molecule has 2 rings (SSSR count). The molecule has 1 unspecified atom stereocenters. The first kappa shape index (κ1) is 16.5. The number of fused-ring (bicyclic) bond motifs is 1. The van der Waals surface area contributed by atoms with Crippen molar-refractivity contribution in [1.29, 1.82) is 0 Å². The summed E-state index contributed by atoms with van der Waals surface area (Å²) in [6.07, 6.45) is 5.87. The molecule has 1 aliphatic heterocycles. The Labute approximate surface area is 132 Å². The largest absolute Gasteiger partial charge is 0.352 e. The molecule has 4 heteroatoms. The smallest absolute Gasteiger partial charge is 0.251 e. The van der Waals surface area contributed by atoms with Gasteiger partial charge in [0.1, 0.15) is 0 Å². The number of amides is 2. The van der Waals surface area contributed by atoms with Crippen molar-refractivity contribution >= 4 is 17.5 Å². The summed E-state index contributed by atoms with van der Waals surface area (Å²) in [5.41, 5.74) is 2.56. The Morgan fingerprint density at radius 1 is 1.32 bits per heavy atom. The molecule has 2 amide bonds.